The van der Waals surface area contributed by atoms with Crippen molar-refractivity contribution in [2.45, 2.75) is 46.2 Å². The Kier molecular flexibility index (Phi) is 5.28. The van der Waals surface area contributed by atoms with Crippen LogP contribution < -0.4 is 0 Å². The average molecular weight is 297 g/mol. The van der Waals surface area contributed by atoms with Crippen molar-refractivity contribution in [1.82, 2.24) is 25.0 Å². The molecule has 0 saturated heterocycles. The molecule has 21 heavy (non-hydrogen) atoms. The standard InChI is InChI=1S/C13H23N5O3/c1-9-14-10(16-15-9)8-17(5)12(21)18(13(2,3)4)7-6-11(19)20/h6-8H2,1-5H3,(H,19,20)(H,14,15,16). The molecule has 1 heterocycles. The number of rotatable bonds is 5. The van der Waals surface area contributed by atoms with Gasteiger partial charge in [-0.1, -0.05) is 0 Å². The van der Waals surface area contributed by atoms with E-state index >= 15 is 0 Å². The van der Waals surface area contributed by atoms with Crippen molar-refractivity contribution in [2.75, 3.05) is 13.6 Å². The maximum absolute atomic E-state index is 12.5. The minimum Gasteiger partial charge on any atom is -0.481 e. The second kappa shape index (κ2) is 6.55. The number of H-pyrrole nitrogens is 1. The number of hydrogen-bond donors (Lipinski definition) is 2. The van der Waals surface area contributed by atoms with E-state index in [1.165, 1.54) is 4.90 Å². The molecule has 8 nitrogen and oxygen atoms in total. The highest BCUT2D eigenvalue weighted by Crippen LogP contribution is 2.16. The predicted molar refractivity (Wildman–Crippen MR) is 76.7 cm³/mol. The number of carbonyl (C=O) groups excluding carboxylic acids is 1. The van der Waals surface area contributed by atoms with Crippen molar-refractivity contribution in [1.29, 1.82) is 0 Å². The third-order valence-corrected chi connectivity index (χ3v) is 2.94. The van der Waals surface area contributed by atoms with Crippen LogP contribution >= 0.6 is 0 Å². The van der Waals surface area contributed by atoms with Gasteiger partial charge in [0.15, 0.2) is 5.82 Å². The predicted octanol–water partition coefficient (Wildman–Crippen LogP) is 1.24. The minimum absolute atomic E-state index is 0.0867. The highest BCUT2D eigenvalue weighted by Gasteiger charge is 2.29. The number of nitrogens with one attached hydrogen (secondary N) is 1. The van der Waals surface area contributed by atoms with Gasteiger partial charge in [-0.25, -0.2) is 9.78 Å². The number of aromatic amines is 1. The van der Waals surface area contributed by atoms with E-state index in [0.29, 0.717) is 11.6 Å². The zero-order valence-electron chi connectivity index (χ0n) is 13.2. The van der Waals surface area contributed by atoms with Gasteiger partial charge in [0, 0.05) is 19.1 Å². The van der Waals surface area contributed by atoms with Gasteiger partial charge >= 0.3 is 12.0 Å². The van der Waals surface area contributed by atoms with Crippen LogP contribution in [0.1, 0.15) is 38.8 Å². The molecule has 1 aromatic heterocycles. The van der Waals surface area contributed by atoms with Crippen molar-refractivity contribution >= 4 is 12.0 Å². The molecule has 0 fully saturated rings. The van der Waals surface area contributed by atoms with Crippen LogP contribution in [0.15, 0.2) is 0 Å². The Morgan fingerprint density at radius 2 is 1.95 bits per heavy atom. The van der Waals surface area contributed by atoms with Crippen LogP contribution in [0.5, 0.6) is 0 Å². The molecule has 0 radical (unpaired) electrons. The second-order valence-electron chi connectivity index (χ2n) is 5.94. The largest absolute Gasteiger partial charge is 0.481 e. The highest BCUT2D eigenvalue weighted by molar-refractivity contribution is 5.76. The van der Waals surface area contributed by atoms with Crippen LogP contribution in [0.3, 0.4) is 0 Å². The Balaban J connectivity index is 2.76. The Labute approximate surface area is 124 Å². The Morgan fingerprint density at radius 1 is 1.33 bits per heavy atom. The van der Waals surface area contributed by atoms with Gasteiger partial charge in [-0.3, -0.25) is 9.89 Å². The van der Waals surface area contributed by atoms with Crippen LogP contribution in [-0.4, -0.2) is 61.2 Å². The Hall–Kier alpha value is -2.12. The molecule has 1 aromatic rings. The smallest absolute Gasteiger partial charge is 0.320 e. The van der Waals surface area contributed by atoms with Crippen molar-refractivity contribution in [3.8, 4) is 0 Å². The van der Waals surface area contributed by atoms with Crippen molar-refractivity contribution in [3.05, 3.63) is 11.6 Å². The molecule has 0 spiro atoms. The lowest BCUT2D eigenvalue weighted by Gasteiger charge is -2.37. The van der Waals surface area contributed by atoms with E-state index in [2.05, 4.69) is 15.2 Å². The topological polar surface area (TPSA) is 102 Å². The van der Waals surface area contributed by atoms with E-state index in [0.717, 1.165) is 0 Å². The fourth-order valence-electron chi connectivity index (χ4n) is 1.87. The normalized spacial score (nSPS) is 11.3. The molecule has 1 rings (SSSR count). The van der Waals surface area contributed by atoms with Gasteiger partial charge in [-0.05, 0) is 27.7 Å². The average Bonchev–Trinajstić information content (AvgIpc) is 2.72. The number of urea groups is 1. The van der Waals surface area contributed by atoms with Crippen LogP contribution in [0.2, 0.25) is 0 Å². The number of nitrogens with zero attached hydrogens (tertiary/aromatic N) is 4. The number of aryl methyl sites for hydroxylation is 1. The maximum atomic E-state index is 12.5. The summed E-state index contributed by atoms with van der Waals surface area (Å²) in [5.74, 6) is 0.282. The SMILES string of the molecule is Cc1nc(CN(C)C(=O)N(CCC(=O)O)C(C)(C)C)n[nH]1. The first kappa shape index (κ1) is 16.9. The molecule has 2 amide bonds. The third kappa shape index (κ3) is 5.05. The maximum Gasteiger partial charge on any atom is 0.320 e. The van der Waals surface area contributed by atoms with Crippen LogP contribution in [0, 0.1) is 6.92 Å². The summed E-state index contributed by atoms with van der Waals surface area (Å²) in [5.41, 5.74) is -0.463. The van der Waals surface area contributed by atoms with Gasteiger partial charge in [0.25, 0.3) is 0 Å². The van der Waals surface area contributed by atoms with Crippen LogP contribution in [-0.2, 0) is 11.3 Å². The number of aliphatic carboxylic acids is 1. The van der Waals surface area contributed by atoms with E-state index in [1.54, 1.807) is 18.9 Å². The first-order valence-electron chi connectivity index (χ1n) is 6.73. The number of hydrogen-bond acceptors (Lipinski definition) is 4. The van der Waals surface area contributed by atoms with Gasteiger partial charge in [0.2, 0.25) is 0 Å². The molecule has 0 atom stereocenters. The monoisotopic (exact) mass is 297 g/mol. The van der Waals surface area contributed by atoms with Gasteiger partial charge in [-0.15, -0.1) is 0 Å². The molecule has 2 N–H and O–H groups in total. The van der Waals surface area contributed by atoms with Gasteiger partial charge in [0.05, 0.1) is 13.0 Å². The number of carbonyl (C=O) groups is 2. The summed E-state index contributed by atoms with van der Waals surface area (Å²) in [7, 11) is 1.65. The zero-order valence-corrected chi connectivity index (χ0v) is 13.2. The van der Waals surface area contributed by atoms with E-state index in [1.807, 2.05) is 20.8 Å². The fraction of sp³-hybridized carbons (Fsp3) is 0.692. The first-order chi connectivity index (χ1) is 9.61. The molecule has 118 valence electrons. The van der Waals surface area contributed by atoms with Gasteiger partial charge in [-0.2, -0.15) is 5.10 Å². The third-order valence-electron chi connectivity index (χ3n) is 2.94. The fourth-order valence-corrected chi connectivity index (χ4v) is 1.87. The summed E-state index contributed by atoms with van der Waals surface area (Å²) in [6, 6.07) is -0.244. The van der Waals surface area contributed by atoms with E-state index < -0.39 is 11.5 Å². The second-order valence-corrected chi connectivity index (χ2v) is 5.94. The minimum atomic E-state index is -0.927. The lowest BCUT2D eigenvalue weighted by molar-refractivity contribution is -0.137. The van der Waals surface area contributed by atoms with E-state index in [9.17, 15) is 9.59 Å². The molecule has 0 aliphatic rings. The Bertz CT molecular complexity index is 506. The number of carboxylic acid groups (broad SMARTS) is 1. The molecular weight excluding hydrogens is 274 g/mol. The highest BCUT2D eigenvalue weighted by atomic mass is 16.4. The van der Waals surface area contributed by atoms with Gasteiger partial charge in [0.1, 0.15) is 5.82 Å². The van der Waals surface area contributed by atoms with Crippen molar-refractivity contribution < 1.29 is 14.7 Å². The number of amides is 2. The summed E-state index contributed by atoms with van der Waals surface area (Å²) in [6.07, 6.45) is -0.0867. The lowest BCUT2D eigenvalue weighted by Crippen LogP contribution is -2.51. The first-order valence-corrected chi connectivity index (χ1v) is 6.73. The molecule has 0 aliphatic carbocycles. The van der Waals surface area contributed by atoms with E-state index in [4.69, 9.17) is 5.11 Å². The van der Waals surface area contributed by atoms with Crippen molar-refractivity contribution in [2.24, 2.45) is 0 Å². The summed E-state index contributed by atoms with van der Waals surface area (Å²) >= 11 is 0. The molecule has 0 unspecified atom stereocenters. The zero-order chi connectivity index (χ0) is 16.2. The molecule has 8 heteroatoms. The molecule has 0 bridgehead atoms. The van der Waals surface area contributed by atoms with E-state index in [-0.39, 0.29) is 25.5 Å². The quantitative estimate of drug-likeness (QED) is 0.851. The molecule has 0 aliphatic heterocycles. The number of carboxylic acids is 1. The lowest BCUT2D eigenvalue weighted by atomic mass is 10.1. The molecular formula is C13H23N5O3. The molecule has 0 saturated carbocycles. The summed E-state index contributed by atoms with van der Waals surface area (Å²) < 4.78 is 0. The van der Waals surface area contributed by atoms with Gasteiger partial charge < -0.3 is 14.9 Å². The van der Waals surface area contributed by atoms with Crippen molar-refractivity contribution in [3.63, 3.8) is 0 Å². The van der Waals surface area contributed by atoms with Crippen LogP contribution in [0.25, 0.3) is 0 Å². The van der Waals surface area contributed by atoms with Crippen LogP contribution in [0.4, 0.5) is 4.79 Å². The number of aromatic nitrogens is 3. The molecule has 0 aromatic carbocycles. The Morgan fingerprint density at radius 3 is 2.38 bits per heavy atom. The summed E-state index contributed by atoms with van der Waals surface area (Å²) in [6.45, 7) is 7.83. The summed E-state index contributed by atoms with van der Waals surface area (Å²) in [5, 5.41) is 15.5. The summed E-state index contributed by atoms with van der Waals surface area (Å²) in [4.78, 5) is 30.4.